The highest BCUT2D eigenvalue weighted by Crippen LogP contribution is 2.26. The van der Waals surface area contributed by atoms with Crippen molar-refractivity contribution in [1.29, 1.82) is 5.26 Å². The van der Waals surface area contributed by atoms with Crippen molar-refractivity contribution in [3.05, 3.63) is 27.9 Å². The van der Waals surface area contributed by atoms with Gasteiger partial charge in [-0.2, -0.15) is 18.4 Å². The molecule has 1 atom stereocenters. The Kier molecular flexibility index (Phi) is 3.56. The molecule has 7 heteroatoms. The van der Waals surface area contributed by atoms with Gasteiger partial charge in [-0.15, -0.1) is 0 Å². The Balaban J connectivity index is 3.13. The minimum absolute atomic E-state index is 0.166. The third-order valence-electron chi connectivity index (χ3n) is 2.24. The maximum absolute atomic E-state index is 12.4. The van der Waals surface area contributed by atoms with Crippen LogP contribution < -0.4 is 5.56 Å². The van der Waals surface area contributed by atoms with Gasteiger partial charge in [0.05, 0.1) is 12.6 Å². The number of aryl methyl sites for hydroxylation is 2. The first-order valence-corrected chi connectivity index (χ1v) is 4.77. The summed E-state index contributed by atoms with van der Waals surface area (Å²) in [6, 6.07) is 2.28. The zero-order chi connectivity index (χ0) is 13.2. The molecule has 0 aliphatic rings. The van der Waals surface area contributed by atoms with Gasteiger partial charge in [-0.3, -0.25) is 9.36 Å². The van der Waals surface area contributed by atoms with Crippen LogP contribution in [-0.4, -0.2) is 15.7 Å². The van der Waals surface area contributed by atoms with Crippen LogP contribution in [0.3, 0.4) is 0 Å². The fourth-order valence-electron chi connectivity index (χ4n) is 1.39. The highest BCUT2D eigenvalue weighted by Gasteiger charge is 2.40. The molecule has 0 fully saturated rings. The van der Waals surface area contributed by atoms with E-state index in [0.717, 1.165) is 16.7 Å². The first-order chi connectivity index (χ1) is 7.75. The van der Waals surface area contributed by atoms with E-state index in [1.807, 2.05) is 0 Å². The van der Waals surface area contributed by atoms with E-state index in [0.29, 0.717) is 5.69 Å². The summed E-state index contributed by atoms with van der Waals surface area (Å²) in [5.74, 6) is -2.04. The Bertz CT molecular complexity index is 513. The largest absolute Gasteiger partial charge is 0.406 e. The second kappa shape index (κ2) is 4.57. The summed E-state index contributed by atoms with van der Waals surface area (Å²) in [5.41, 5.74) is -0.149. The zero-order valence-electron chi connectivity index (χ0n) is 9.25. The van der Waals surface area contributed by atoms with Crippen LogP contribution in [0.15, 0.2) is 10.9 Å². The standard InChI is InChI=1S/C10H10F3N3O/c1-6-3-9(17)16(7(2)15-6)5-8(4-14)10(11,12)13/h3,8H,5H2,1-2H3. The zero-order valence-corrected chi connectivity index (χ0v) is 9.25. The number of aromatic nitrogens is 2. The lowest BCUT2D eigenvalue weighted by Crippen LogP contribution is -2.32. The fraction of sp³-hybridized carbons (Fsp3) is 0.500. The number of nitriles is 1. The van der Waals surface area contributed by atoms with Crippen LogP contribution in [0.2, 0.25) is 0 Å². The number of alkyl halides is 3. The molecule has 4 nitrogen and oxygen atoms in total. The molecule has 0 N–H and O–H groups in total. The van der Waals surface area contributed by atoms with E-state index in [2.05, 4.69) is 4.98 Å². The lowest BCUT2D eigenvalue weighted by Gasteiger charge is -2.16. The lowest BCUT2D eigenvalue weighted by atomic mass is 10.1. The van der Waals surface area contributed by atoms with Gasteiger partial charge in [0, 0.05) is 11.8 Å². The van der Waals surface area contributed by atoms with Crippen molar-refractivity contribution in [2.45, 2.75) is 26.6 Å². The summed E-state index contributed by atoms with van der Waals surface area (Å²) in [6.45, 7) is 2.28. The Morgan fingerprint density at radius 1 is 1.53 bits per heavy atom. The van der Waals surface area contributed by atoms with Gasteiger partial charge in [0.15, 0.2) is 5.92 Å². The Morgan fingerprint density at radius 3 is 2.53 bits per heavy atom. The second-order valence-electron chi connectivity index (χ2n) is 3.62. The molecule has 92 valence electrons. The van der Waals surface area contributed by atoms with E-state index in [-0.39, 0.29) is 5.82 Å². The minimum Gasteiger partial charge on any atom is -0.295 e. The molecule has 1 heterocycles. The Hall–Kier alpha value is -1.84. The Morgan fingerprint density at radius 2 is 2.12 bits per heavy atom. The minimum atomic E-state index is -4.65. The van der Waals surface area contributed by atoms with Crippen molar-refractivity contribution in [1.82, 2.24) is 9.55 Å². The van der Waals surface area contributed by atoms with Crippen molar-refractivity contribution in [3.63, 3.8) is 0 Å². The number of rotatable bonds is 2. The molecule has 0 radical (unpaired) electrons. The van der Waals surface area contributed by atoms with Gasteiger partial charge in [0.1, 0.15) is 5.82 Å². The van der Waals surface area contributed by atoms with Gasteiger partial charge >= 0.3 is 6.18 Å². The smallest absolute Gasteiger partial charge is 0.295 e. The molecule has 1 unspecified atom stereocenters. The maximum atomic E-state index is 12.4. The van der Waals surface area contributed by atoms with Gasteiger partial charge in [-0.1, -0.05) is 0 Å². The molecule has 1 aromatic heterocycles. The summed E-state index contributed by atoms with van der Waals surface area (Å²) < 4.78 is 38.0. The number of hydrogen-bond donors (Lipinski definition) is 0. The van der Waals surface area contributed by atoms with Crippen molar-refractivity contribution in [2.24, 2.45) is 5.92 Å². The molecule has 0 saturated heterocycles. The molecule has 0 amide bonds. The van der Waals surface area contributed by atoms with Crippen LogP contribution in [0.5, 0.6) is 0 Å². The van der Waals surface area contributed by atoms with Crippen LogP contribution in [0.25, 0.3) is 0 Å². The predicted molar refractivity (Wildman–Crippen MR) is 53.1 cm³/mol. The van der Waals surface area contributed by atoms with Crippen LogP contribution >= 0.6 is 0 Å². The lowest BCUT2D eigenvalue weighted by molar-refractivity contribution is -0.162. The first kappa shape index (κ1) is 13.2. The Labute approximate surface area is 95.3 Å². The van der Waals surface area contributed by atoms with Gasteiger partial charge in [0.2, 0.25) is 0 Å². The topological polar surface area (TPSA) is 58.7 Å². The van der Waals surface area contributed by atoms with Gasteiger partial charge < -0.3 is 0 Å². The van der Waals surface area contributed by atoms with E-state index >= 15 is 0 Å². The summed E-state index contributed by atoms with van der Waals surface area (Å²) in [4.78, 5) is 15.4. The maximum Gasteiger partial charge on any atom is 0.406 e. The van der Waals surface area contributed by atoms with Gasteiger partial charge in [0.25, 0.3) is 5.56 Å². The van der Waals surface area contributed by atoms with E-state index < -0.39 is 24.2 Å². The predicted octanol–water partition coefficient (Wildman–Crippen LogP) is 1.56. The van der Waals surface area contributed by atoms with Crippen LogP contribution in [0, 0.1) is 31.1 Å². The summed E-state index contributed by atoms with van der Waals surface area (Å²) >= 11 is 0. The molecular formula is C10H10F3N3O. The number of hydrogen-bond acceptors (Lipinski definition) is 3. The monoisotopic (exact) mass is 245 g/mol. The molecule has 0 bridgehead atoms. The second-order valence-corrected chi connectivity index (χ2v) is 3.62. The van der Waals surface area contributed by atoms with Gasteiger partial charge in [-0.05, 0) is 13.8 Å². The molecule has 0 aliphatic heterocycles. The van der Waals surface area contributed by atoms with E-state index in [1.54, 1.807) is 6.92 Å². The highest BCUT2D eigenvalue weighted by atomic mass is 19.4. The molecule has 17 heavy (non-hydrogen) atoms. The van der Waals surface area contributed by atoms with Crippen LogP contribution in [0.1, 0.15) is 11.5 Å². The van der Waals surface area contributed by atoms with E-state index in [1.165, 1.54) is 6.92 Å². The van der Waals surface area contributed by atoms with Gasteiger partial charge in [-0.25, -0.2) is 4.98 Å². The molecule has 0 spiro atoms. The van der Waals surface area contributed by atoms with Crippen molar-refractivity contribution in [3.8, 4) is 6.07 Å². The van der Waals surface area contributed by atoms with Crippen LogP contribution in [0.4, 0.5) is 13.2 Å². The number of nitrogens with zero attached hydrogens (tertiary/aromatic N) is 3. The molecule has 1 aromatic rings. The quantitative estimate of drug-likeness (QED) is 0.794. The molecular weight excluding hydrogens is 235 g/mol. The normalized spacial score (nSPS) is 13.2. The first-order valence-electron chi connectivity index (χ1n) is 4.77. The average molecular weight is 245 g/mol. The highest BCUT2D eigenvalue weighted by molar-refractivity contribution is 5.03. The molecule has 0 aromatic carbocycles. The van der Waals surface area contributed by atoms with Crippen LogP contribution in [-0.2, 0) is 6.54 Å². The summed E-state index contributed by atoms with van der Waals surface area (Å²) in [6.07, 6.45) is -4.65. The summed E-state index contributed by atoms with van der Waals surface area (Å²) in [7, 11) is 0. The molecule has 1 rings (SSSR count). The average Bonchev–Trinajstić information content (AvgIpc) is 2.14. The third-order valence-corrected chi connectivity index (χ3v) is 2.24. The van der Waals surface area contributed by atoms with E-state index in [4.69, 9.17) is 5.26 Å². The summed E-state index contributed by atoms with van der Waals surface area (Å²) in [5, 5.41) is 8.45. The van der Waals surface area contributed by atoms with Crippen molar-refractivity contribution >= 4 is 0 Å². The van der Waals surface area contributed by atoms with Crippen molar-refractivity contribution < 1.29 is 13.2 Å². The SMILES string of the molecule is Cc1cc(=O)n(CC(C#N)C(F)(F)F)c(C)n1. The molecule has 0 aliphatic carbocycles. The van der Waals surface area contributed by atoms with Crippen molar-refractivity contribution in [2.75, 3.05) is 0 Å². The molecule has 0 saturated carbocycles. The third kappa shape index (κ3) is 3.06. The van der Waals surface area contributed by atoms with E-state index in [9.17, 15) is 18.0 Å². The number of halogens is 3. The fourth-order valence-corrected chi connectivity index (χ4v) is 1.39.